The number of nitrogens with one attached hydrogen (secondary N) is 1. The van der Waals surface area contributed by atoms with Crippen LogP contribution >= 0.6 is 0 Å². The monoisotopic (exact) mass is 251 g/mol. The third-order valence-electron chi connectivity index (χ3n) is 3.07. The molecule has 0 aromatic heterocycles. The summed E-state index contributed by atoms with van der Waals surface area (Å²) in [5, 5.41) is 4.10. The second kappa shape index (κ2) is 4.57. The molecule has 1 aliphatic heterocycles. The number of hydrogen-bond donors (Lipinski definition) is 1. The first-order valence-corrected chi connectivity index (χ1v) is 6.06. The van der Waals surface area contributed by atoms with E-state index in [0.717, 1.165) is 22.6 Å². The Morgan fingerprint density at radius 1 is 1.00 bits per heavy atom. The van der Waals surface area contributed by atoms with E-state index in [2.05, 4.69) is 10.5 Å². The molecule has 1 N–H and O–H groups in total. The molecule has 0 aliphatic carbocycles. The number of hydrogen-bond acceptors (Lipinski definition) is 2. The van der Waals surface area contributed by atoms with Gasteiger partial charge in [-0.2, -0.15) is 5.10 Å². The van der Waals surface area contributed by atoms with Crippen LogP contribution < -0.4 is 10.3 Å². The summed E-state index contributed by atoms with van der Waals surface area (Å²) >= 11 is 0. The highest BCUT2D eigenvalue weighted by Gasteiger charge is 2.23. The molecule has 1 aliphatic rings. The first-order chi connectivity index (χ1) is 9.27. The standard InChI is InChI=1S/C15H13N3O/c1-11-13-9-5-6-10-14(13)18(15(19)17-16-11)12-7-3-2-4-8-12/h2-10H,1H3,(H,17,19). The van der Waals surface area contributed by atoms with Gasteiger partial charge in [0.15, 0.2) is 0 Å². The minimum absolute atomic E-state index is 0.254. The first kappa shape index (κ1) is 11.5. The van der Waals surface area contributed by atoms with Crippen LogP contribution in [0.2, 0.25) is 0 Å². The molecule has 4 nitrogen and oxygen atoms in total. The molecule has 0 spiro atoms. The molecule has 4 heteroatoms. The van der Waals surface area contributed by atoms with Crippen LogP contribution in [0.4, 0.5) is 16.2 Å². The number of carbonyl (C=O) groups excluding carboxylic acids is 1. The highest BCUT2D eigenvalue weighted by molar-refractivity contribution is 6.12. The number of hydrazone groups is 1. The number of nitrogens with zero attached hydrogens (tertiary/aromatic N) is 2. The second-order valence-electron chi connectivity index (χ2n) is 4.30. The zero-order chi connectivity index (χ0) is 13.2. The van der Waals surface area contributed by atoms with Crippen LogP contribution in [0.5, 0.6) is 0 Å². The maximum absolute atomic E-state index is 12.2. The average Bonchev–Trinajstić information content (AvgIpc) is 2.58. The van der Waals surface area contributed by atoms with E-state index < -0.39 is 0 Å². The number of para-hydroxylation sites is 2. The Bertz CT molecular complexity index is 649. The number of amides is 2. The minimum Gasteiger partial charge on any atom is -0.261 e. The predicted molar refractivity (Wildman–Crippen MR) is 75.8 cm³/mol. The number of urea groups is 1. The van der Waals surface area contributed by atoms with E-state index in [-0.39, 0.29) is 6.03 Å². The van der Waals surface area contributed by atoms with E-state index in [9.17, 15) is 4.79 Å². The number of rotatable bonds is 1. The molecule has 2 aromatic rings. The lowest BCUT2D eigenvalue weighted by molar-refractivity contribution is 0.249. The number of carbonyl (C=O) groups is 1. The largest absolute Gasteiger partial charge is 0.346 e. The van der Waals surface area contributed by atoms with Crippen molar-refractivity contribution in [3.63, 3.8) is 0 Å². The fourth-order valence-corrected chi connectivity index (χ4v) is 2.16. The molecule has 0 fully saturated rings. The maximum atomic E-state index is 12.2. The average molecular weight is 251 g/mol. The van der Waals surface area contributed by atoms with Gasteiger partial charge < -0.3 is 0 Å². The topological polar surface area (TPSA) is 44.7 Å². The summed E-state index contributed by atoms with van der Waals surface area (Å²) in [5.74, 6) is 0. The minimum atomic E-state index is -0.254. The summed E-state index contributed by atoms with van der Waals surface area (Å²) in [6.07, 6.45) is 0. The Morgan fingerprint density at radius 2 is 1.68 bits per heavy atom. The van der Waals surface area contributed by atoms with Gasteiger partial charge in [0.1, 0.15) is 0 Å². The number of anilines is 2. The Morgan fingerprint density at radius 3 is 2.47 bits per heavy atom. The van der Waals surface area contributed by atoms with Gasteiger partial charge in [0, 0.05) is 5.56 Å². The molecular formula is C15H13N3O. The molecule has 1 heterocycles. The van der Waals surface area contributed by atoms with E-state index in [1.807, 2.05) is 61.5 Å². The molecule has 0 radical (unpaired) electrons. The number of benzene rings is 2. The fraction of sp³-hybridized carbons (Fsp3) is 0.0667. The van der Waals surface area contributed by atoms with E-state index >= 15 is 0 Å². The molecule has 2 aromatic carbocycles. The molecule has 3 rings (SSSR count). The summed E-state index contributed by atoms with van der Waals surface area (Å²) in [6.45, 7) is 1.88. The molecular weight excluding hydrogens is 238 g/mol. The zero-order valence-corrected chi connectivity index (χ0v) is 10.5. The predicted octanol–water partition coefficient (Wildman–Crippen LogP) is 3.27. The van der Waals surface area contributed by atoms with Crippen molar-refractivity contribution in [2.75, 3.05) is 4.90 Å². The van der Waals surface area contributed by atoms with Crippen LogP contribution in [0.3, 0.4) is 0 Å². The van der Waals surface area contributed by atoms with Crippen LogP contribution in [0.25, 0.3) is 0 Å². The summed E-state index contributed by atoms with van der Waals surface area (Å²) in [6, 6.07) is 17.0. The van der Waals surface area contributed by atoms with Crippen molar-refractivity contribution in [2.45, 2.75) is 6.92 Å². The van der Waals surface area contributed by atoms with Crippen molar-refractivity contribution in [1.82, 2.24) is 5.43 Å². The highest BCUT2D eigenvalue weighted by atomic mass is 16.2. The SMILES string of the molecule is CC1=NNC(=O)N(c2ccccc2)c2ccccc21. The summed E-state index contributed by atoms with van der Waals surface area (Å²) in [7, 11) is 0. The van der Waals surface area contributed by atoms with Gasteiger partial charge in [0.2, 0.25) is 0 Å². The second-order valence-corrected chi connectivity index (χ2v) is 4.30. The van der Waals surface area contributed by atoms with Gasteiger partial charge in [-0.05, 0) is 25.1 Å². The molecule has 19 heavy (non-hydrogen) atoms. The van der Waals surface area contributed by atoms with Gasteiger partial charge in [-0.3, -0.25) is 4.90 Å². The Hall–Kier alpha value is -2.62. The quantitative estimate of drug-likeness (QED) is 0.830. The van der Waals surface area contributed by atoms with E-state index in [0.29, 0.717) is 0 Å². The van der Waals surface area contributed by atoms with Crippen LogP contribution in [0.15, 0.2) is 59.7 Å². The third-order valence-corrected chi connectivity index (χ3v) is 3.07. The van der Waals surface area contributed by atoms with Gasteiger partial charge in [-0.25, -0.2) is 10.2 Å². The molecule has 94 valence electrons. The van der Waals surface area contributed by atoms with Gasteiger partial charge in [-0.1, -0.05) is 36.4 Å². The molecule has 2 amide bonds. The zero-order valence-electron chi connectivity index (χ0n) is 10.5. The molecule has 0 saturated carbocycles. The van der Waals surface area contributed by atoms with Crippen LogP contribution in [0, 0.1) is 0 Å². The third kappa shape index (κ3) is 1.97. The molecule has 0 saturated heterocycles. The van der Waals surface area contributed by atoms with Crippen molar-refractivity contribution >= 4 is 23.1 Å². The van der Waals surface area contributed by atoms with Crippen molar-refractivity contribution in [1.29, 1.82) is 0 Å². The molecule has 0 unspecified atom stereocenters. The Balaban J connectivity index is 2.20. The van der Waals surface area contributed by atoms with Crippen molar-refractivity contribution < 1.29 is 4.79 Å². The molecule has 0 bridgehead atoms. The van der Waals surface area contributed by atoms with Gasteiger partial charge >= 0.3 is 6.03 Å². The number of fused-ring (bicyclic) bond motifs is 1. The van der Waals surface area contributed by atoms with E-state index in [1.165, 1.54) is 0 Å². The van der Waals surface area contributed by atoms with Crippen LogP contribution in [-0.2, 0) is 0 Å². The van der Waals surface area contributed by atoms with Crippen molar-refractivity contribution in [3.05, 3.63) is 60.2 Å². The molecule has 0 atom stereocenters. The van der Waals surface area contributed by atoms with Gasteiger partial charge in [-0.15, -0.1) is 0 Å². The first-order valence-electron chi connectivity index (χ1n) is 6.06. The fourth-order valence-electron chi connectivity index (χ4n) is 2.16. The summed E-state index contributed by atoms with van der Waals surface area (Å²) in [5.41, 5.74) is 5.96. The maximum Gasteiger partial charge on any atom is 0.346 e. The highest BCUT2D eigenvalue weighted by Crippen LogP contribution is 2.30. The normalized spacial score (nSPS) is 14.3. The van der Waals surface area contributed by atoms with E-state index in [4.69, 9.17) is 0 Å². The van der Waals surface area contributed by atoms with Crippen LogP contribution in [0.1, 0.15) is 12.5 Å². The summed E-state index contributed by atoms with van der Waals surface area (Å²) in [4.78, 5) is 13.9. The summed E-state index contributed by atoms with van der Waals surface area (Å²) < 4.78 is 0. The Kier molecular flexibility index (Phi) is 2.76. The lowest BCUT2D eigenvalue weighted by Gasteiger charge is -2.22. The smallest absolute Gasteiger partial charge is 0.261 e. The Labute approximate surface area is 111 Å². The van der Waals surface area contributed by atoms with Crippen molar-refractivity contribution in [2.24, 2.45) is 5.10 Å². The van der Waals surface area contributed by atoms with Gasteiger partial charge in [0.05, 0.1) is 17.1 Å². The lowest BCUT2D eigenvalue weighted by atomic mass is 10.1. The van der Waals surface area contributed by atoms with Gasteiger partial charge in [0.25, 0.3) is 0 Å². The van der Waals surface area contributed by atoms with Crippen molar-refractivity contribution in [3.8, 4) is 0 Å². The lowest BCUT2D eigenvalue weighted by Crippen LogP contribution is -2.32. The van der Waals surface area contributed by atoms with E-state index in [1.54, 1.807) is 4.90 Å². The van der Waals surface area contributed by atoms with Crippen LogP contribution in [-0.4, -0.2) is 11.7 Å².